The van der Waals surface area contributed by atoms with Gasteiger partial charge in [-0.25, -0.2) is 8.42 Å². The van der Waals surface area contributed by atoms with Gasteiger partial charge in [0.2, 0.25) is 21.8 Å². The third kappa shape index (κ3) is 7.48. The van der Waals surface area contributed by atoms with Crippen molar-refractivity contribution in [2.45, 2.75) is 46.2 Å². The fourth-order valence-electron chi connectivity index (χ4n) is 3.65. The Labute approximate surface area is 202 Å². The van der Waals surface area contributed by atoms with Crippen LogP contribution < -0.4 is 14.4 Å². The Morgan fingerprint density at radius 1 is 1.12 bits per heavy atom. The van der Waals surface area contributed by atoms with Gasteiger partial charge in [-0.1, -0.05) is 30.3 Å². The maximum Gasteiger partial charge on any atom is 0.242 e. The zero-order chi connectivity index (χ0) is 25.3. The van der Waals surface area contributed by atoms with Crippen LogP contribution in [0.2, 0.25) is 0 Å². The third-order valence-electron chi connectivity index (χ3n) is 5.61. The smallest absolute Gasteiger partial charge is 0.242 e. The molecule has 2 aromatic carbocycles. The highest BCUT2D eigenvalue weighted by molar-refractivity contribution is 7.92. The molecule has 0 aliphatic rings. The lowest BCUT2D eigenvalue weighted by molar-refractivity contribution is -0.140. The molecular formula is C25H35N3O5S. The number of sulfonamides is 1. The molecule has 0 radical (unpaired) electrons. The van der Waals surface area contributed by atoms with Crippen LogP contribution in [0.5, 0.6) is 5.75 Å². The topological polar surface area (TPSA) is 96.0 Å². The van der Waals surface area contributed by atoms with Crippen molar-refractivity contribution >= 4 is 27.5 Å². The van der Waals surface area contributed by atoms with E-state index in [-0.39, 0.29) is 24.8 Å². The van der Waals surface area contributed by atoms with Gasteiger partial charge in [0.15, 0.2) is 0 Å². The molecule has 0 spiro atoms. The summed E-state index contributed by atoms with van der Waals surface area (Å²) in [7, 11) is -2.05. The van der Waals surface area contributed by atoms with E-state index < -0.39 is 16.1 Å². The maximum absolute atomic E-state index is 13.2. The third-order valence-corrected chi connectivity index (χ3v) is 6.81. The molecule has 1 N–H and O–H groups in total. The largest absolute Gasteiger partial charge is 0.497 e. The molecule has 0 heterocycles. The lowest BCUT2D eigenvalue weighted by atomic mass is 10.1. The van der Waals surface area contributed by atoms with Gasteiger partial charge < -0.3 is 15.0 Å². The number of ether oxygens (including phenoxy) is 1. The van der Waals surface area contributed by atoms with Crippen LogP contribution in [0.3, 0.4) is 0 Å². The van der Waals surface area contributed by atoms with Crippen molar-refractivity contribution in [3.63, 3.8) is 0 Å². The number of rotatable bonds is 12. The number of benzene rings is 2. The standard InChI is InChI=1S/C25H35N3O5S/c1-6-26-25(30)20(3)27(18-21-12-8-7-11-19(21)2)24(29)15-10-16-28(34(5,31)32)22-13-9-14-23(17-22)33-4/h7-9,11-14,17,20H,6,10,15-16,18H2,1-5H3,(H,26,30)/t20-/m1/s1. The maximum atomic E-state index is 13.2. The van der Waals surface area contributed by atoms with Gasteiger partial charge in [-0.2, -0.15) is 0 Å². The van der Waals surface area contributed by atoms with Gasteiger partial charge >= 0.3 is 0 Å². The molecule has 0 aliphatic heterocycles. The van der Waals surface area contributed by atoms with E-state index in [2.05, 4.69) is 5.32 Å². The van der Waals surface area contributed by atoms with Gasteiger partial charge in [0, 0.05) is 32.1 Å². The molecular weight excluding hydrogens is 454 g/mol. The van der Waals surface area contributed by atoms with Gasteiger partial charge in [0.05, 0.1) is 19.1 Å². The molecule has 1 atom stereocenters. The molecule has 186 valence electrons. The fraction of sp³-hybridized carbons (Fsp3) is 0.440. The number of nitrogens with one attached hydrogen (secondary N) is 1. The first-order chi connectivity index (χ1) is 16.1. The van der Waals surface area contributed by atoms with E-state index in [1.54, 1.807) is 36.1 Å². The number of carbonyl (C=O) groups is 2. The van der Waals surface area contributed by atoms with Gasteiger partial charge in [-0.05, 0) is 50.5 Å². The quantitative estimate of drug-likeness (QED) is 0.494. The first kappa shape index (κ1) is 27.2. The average molecular weight is 490 g/mol. The Morgan fingerprint density at radius 3 is 2.44 bits per heavy atom. The van der Waals surface area contributed by atoms with Gasteiger partial charge in [-0.3, -0.25) is 13.9 Å². The summed E-state index contributed by atoms with van der Waals surface area (Å²) in [5.74, 6) is 0.113. The van der Waals surface area contributed by atoms with Crippen LogP contribution in [0, 0.1) is 6.92 Å². The highest BCUT2D eigenvalue weighted by Crippen LogP contribution is 2.24. The molecule has 2 amide bonds. The summed E-state index contributed by atoms with van der Waals surface area (Å²) in [5.41, 5.74) is 2.47. The molecule has 0 aromatic heterocycles. The van der Waals surface area contributed by atoms with Gasteiger partial charge in [0.25, 0.3) is 0 Å². The van der Waals surface area contributed by atoms with Crippen molar-refractivity contribution in [3.05, 3.63) is 59.7 Å². The van der Waals surface area contributed by atoms with E-state index >= 15 is 0 Å². The summed E-state index contributed by atoms with van der Waals surface area (Å²) in [6.45, 7) is 6.41. The second kappa shape index (κ2) is 12.4. The Kier molecular flexibility index (Phi) is 9.92. The molecule has 0 saturated heterocycles. The molecule has 0 aliphatic carbocycles. The number of aryl methyl sites for hydroxylation is 1. The van der Waals surface area contributed by atoms with Crippen molar-refractivity contribution in [3.8, 4) is 5.75 Å². The number of nitrogens with zero attached hydrogens (tertiary/aromatic N) is 2. The summed E-state index contributed by atoms with van der Waals surface area (Å²) < 4.78 is 31.3. The zero-order valence-corrected chi connectivity index (χ0v) is 21.4. The Bertz CT molecular complexity index is 1090. The molecule has 2 aromatic rings. The molecule has 0 unspecified atom stereocenters. The number of amides is 2. The van der Waals surface area contributed by atoms with E-state index in [0.29, 0.717) is 30.9 Å². The SMILES string of the molecule is CCNC(=O)[C@@H](C)N(Cc1ccccc1C)C(=O)CCCN(c1cccc(OC)c1)S(C)(=O)=O. The first-order valence-electron chi connectivity index (χ1n) is 11.3. The molecule has 0 bridgehead atoms. The molecule has 9 heteroatoms. The minimum Gasteiger partial charge on any atom is -0.497 e. The van der Waals surface area contributed by atoms with E-state index in [9.17, 15) is 18.0 Å². The normalized spacial score (nSPS) is 12.0. The second-order valence-electron chi connectivity index (χ2n) is 8.16. The highest BCUT2D eigenvalue weighted by atomic mass is 32.2. The van der Waals surface area contributed by atoms with E-state index in [1.165, 1.54) is 11.4 Å². The Hall–Kier alpha value is -3.07. The molecule has 2 rings (SSSR count). The van der Waals surface area contributed by atoms with Crippen LogP contribution in [-0.4, -0.2) is 57.6 Å². The van der Waals surface area contributed by atoms with Crippen molar-refractivity contribution in [1.82, 2.24) is 10.2 Å². The molecule has 8 nitrogen and oxygen atoms in total. The minimum absolute atomic E-state index is 0.103. The zero-order valence-electron chi connectivity index (χ0n) is 20.6. The van der Waals surface area contributed by atoms with Crippen molar-refractivity contribution in [1.29, 1.82) is 0 Å². The average Bonchev–Trinajstić information content (AvgIpc) is 2.80. The number of carbonyl (C=O) groups excluding carboxylic acids is 2. The Morgan fingerprint density at radius 2 is 1.82 bits per heavy atom. The van der Waals surface area contributed by atoms with Crippen molar-refractivity contribution in [2.24, 2.45) is 0 Å². The summed E-state index contributed by atoms with van der Waals surface area (Å²) in [6.07, 6.45) is 1.54. The summed E-state index contributed by atoms with van der Waals surface area (Å²) in [6, 6.07) is 13.9. The van der Waals surface area contributed by atoms with Crippen LogP contribution in [-0.2, 0) is 26.2 Å². The molecule has 0 fully saturated rings. The first-order valence-corrected chi connectivity index (χ1v) is 13.2. The number of anilines is 1. The van der Waals surface area contributed by atoms with Gasteiger partial charge in [-0.15, -0.1) is 0 Å². The van der Waals surface area contributed by atoms with Crippen LogP contribution in [0.1, 0.15) is 37.8 Å². The number of hydrogen-bond donors (Lipinski definition) is 1. The van der Waals surface area contributed by atoms with E-state index in [4.69, 9.17) is 4.74 Å². The van der Waals surface area contributed by atoms with Crippen LogP contribution >= 0.6 is 0 Å². The number of hydrogen-bond acceptors (Lipinski definition) is 5. The summed E-state index contributed by atoms with van der Waals surface area (Å²) in [5, 5.41) is 2.78. The van der Waals surface area contributed by atoms with Crippen molar-refractivity contribution in [2.75, 3.05) is 30.8 Å². The minimum atomic E-state index is -3.56. The number of likely N-dealkylation sites (N-methyl/N-ethyl adjacent to an activating group) is 1. The molecule has 0 saturated carbocycles. The Balaban J connectivity index is 2.17. The summed E-state index contributed by atoms with van der Waals surface area (Å²) in [4.78, 5) is 27.3. The summed E-state index contributed by atoms with van der Waals surface area (Å²) >= 11 is 0. The van der Waals surface area contributed by atoms with Gasteiger partial charge in [0.1, 0.15) is 11.8 Å². The van der Waals surface area contributed by atoms with Crippen LogP contribution in [0.15, 0.2) is 48.5 Å². The lowest BCUT2D eigenvalue weighted by Gasteiger charge is -2.30. The fourth-order valence-corrected chi connectivity index (χ4v) is 4.60. The van der Waals surface area contributed by atoms with Crippen molar-refractivity contribution < 1.29 is 22.7 Å². The second-order valence-corrected chi connectivity index (χ2v) is 10.1. The predicted octanol–water partition coefficient (Wildman–Crippen LogP) is 3.10. The monoisotopic (exact) mass is 489 g/mol. The predicted molar refractivity (Wildman–Crippen MR) is 134 cm³/mol. The van der Waals surface area contributed by atoms with E-state index in [0.717, 1.165) is 17.4 Å². The van der Waals surface area contributed by atoms with Crippen LogP contribution in [0.4, 0.5) is 5.69 Å². The highest BCUT2D eigenvalue weighted by Gasteiger charge is 2.26. The lowest BCUT2D eigenvalue weighted by Crippen LogP contribution is -2.47. The molecule has 34 heavy (non-hydrogen) atoms. The van der Waals surface area contributed by atoms with Crippen LogP contribution in [0.25, 0.3) is 0 Å². The van der Waals surface area contributed by atoms with E-state index in [1.807, 2.05) is 38.1 Å². The number of methoxy groups -OCH3 is 1.